The highest BCUT2D eigenvalue weighted by Gasteiger charge is 2.23. The average molecular weight is 705 g/mol. The van der Waals surface area contributed by atoms with Gasteiger partial charge in [0, 0.05) is 50.4 Å². The molecule has 0 saturated carbocycles. The maximum Gasteiger partial charge on any atom is 0.164 e. The fourth-order valence-corrected chi connectivity index (χ4v) is 7.31. The predicted octanol–water partition coefficient (Wildman–Crippen LogP) is 12.8. The SMILES string of the molecule is c1ccc(-c2cc(-c3ccccc3)c3oc4c(-c5ccc(-c6ccccn6)cc5)ccc(-c5nc(-c6ccccc6)nc(-c6ccccc6)n5)c4c3c2)cc1. The van der Waals surface area contributed by atoms with Crippen molar-refractivity contribution in [2.75, 3.05) is 0 Å². The van der Waals surface area contributed by atoms with E-state index in [1.807, 2.05) is 97.2 Å². The van der Waals surface area contributed by atoms with Crippen molar-refractivity contribution in [3.05, 3.63) is 194 Å². The van der Waals surface area contributed by atoms with Gasteiger partial charge < -0.3 is 4.42 Å². The Bertz CT molecular complexity index is 2870. The normalized spacial score (nSPS) is 11.3. The van der Waals surface area contributed by atoms with Crippen molar-refractivity contribution in [2.45, 2.75) is 0 Å². The molecule has 0 spiro atoms. The van der Waals surface area contributed by atoms with Crippen LogP contribution in [0.15, 0.2) is 199 Å². The molecule has 7 aromatic carbocycles. The van der Waals surface area contributed by atoms with Crippen LogP contribution in [0.3, 0.4) is 0 Å². The van der Waals surface area contributed by atoms with Gasteiger partial charge in [-0.3, -0.25) is 4.98 Å². The van der Waals surface area contributed by atoms with Crippen LogP contribution in [0.1, 0.15) is 0 Å². The molecule has 3 aromatic heterocycles. The van der Waals surface area contributed by atoms with Gasteiger partial charge in [0.1, 0.15) is 11.2 Å². The first kappa shape index (κ1) is 32.2. The number of hydrogen-bond donors (Lipinski definition) is 0. The molecular formula is C50H32N4O. The van der Waals surface area contributed by atoms with E-state index in [0.717, 1.165) is 83.3 Å². The zero-order chi connectivity index (χ0) is 36.6. The van der Waals surface area contributed by atoms with Gasteiger partial charge in [-0.05, 0) is 58.7 Å². The van der Waals surface area contributed by atoms with Crippen LogP contribution in [-0.4, -0.2) is 19.9 Å². The zero-order valence-electron chi connectivity index (χ0n) is 29.7. The molecule has 0 atom stereocenters. The lowest BCUT2D eigenvalue weighted by molar-refractivity contribution is 0.671. The van der Waals surface area contributed by atoms with E-state index >= 15 is 0 Å². The monoisotopic (exact) mass is 704 g/mol. The number of pyridine rings is 1. The van der Waals surface area contributed by atoms with Crippen LogP contribution in [0.5, 0.6) is 0 Å². The summed E-state index contributed by atoms with van der Waals surface area (Å²) in [7, 11) is 0. The van der Waals surface area contributed by atoms with E-state index in [0.29, 0.717) is 17.5 Å². The molecule has 0 unspecified atom stereocenters. The molecule has 0 aliphatic heterocycles. The summed E-state index contributed by atoms with van der Waals surface area (Å²) in [5.41, 5.74) is 12.6. The third-order valence-electron chi connectivity index (χ3n) is 10.0. The van der Waals surface area contributed by atoms with Crippen LogP contribution in [0, 0.1) is 0 Å². The van der Waals surface area contributed by atoms with E-state index < -0.39 is 0 Å². The maximum absolute atomic E-state index is 7.14. The molecule has 5 nitrogen and oxygen atoms in total. The zero-order valence-corrected chi connectivity index (χ0v) is 29.7. The summed E-state index contributed by atoms with van der Waals surface area (Å²) in [6, 6.07) is 64.4. The minimum atomic E-state index is 0.573. The van der Waals surface area contributed by atoms with Gasteiger partial charge in [-0.2, -0.15) is 0 Å². The molecule has 10 aromatic rings. The third kappa shape index (κ3) is 6.04. The average Bonchev–Trinajstić information content (AvgIpc) is 3.67. The molecule has 5 heteroatoms. The van der Waals surface area contributed by atoms with Crippen molar-refractivity contribution in [1.29, 1.82) is 0 Å². The highest BCUT2D eigenvalue weighted by molar-refractivity contribution is 6.19. The van der Waals surface area contributed by atoms with Crippen LogP contribution in [-0.2, 0) is 0 Å². The first-order valence-electron chi connectivity index (χ1n) is 18.3. The summed E-state index contributed by atoms with van der Waals surface area (Å²) >= 11 is 0. The molecule has 0 bridgehead atoms. The van der Waals surface area contributed by atoms with Crippen molar-refractivity contribution in [3.8, 4) is 78.8 Å². The molecule has 0 aliphatic carbocycles. The lowest BCUT2D eigenvalue weighted by Gasteiger charge is -2.11. The number of nitrogens with zero attached hydrogens (tertiary/aromatic N) is 4. The molecule has 0 aliphatic rings. The van der Waals surface area contributed by atoms with Crippen molar-refractivity contribution in [1.82, 2.24) is 19.9 Å². The molecule has 0 fully saturated rings. The second kappa shape index (κ2) is 13.8. The molecule has 0 amide bonds. The minimum Gasteiger partial charge on any atom is -0.455 e. The van der Waals surface area contributed by atoms with Crippen LogP contribution in [0.2, 0.25) is 0 Å². The fourth-order valence-electron chi connectivity index (χ4n) is 7.31. The fraction of sp³-hybridized carbons (Fsp3) is 0. The Balaban J connectivity index is 1.28. The topological polar surface area (TPSA) is 64.7 Å². The third-order valence-corrected chi connectivity index (χ3v) is 10.0. The Kier molecular flexibility index (Phi) is 8.08. The maximum atomic E-state index is 7.14. The molecule has 0 radical (unpaired) electrons. The number of hydrogen-bond acceptors (Lipinski definition) is 5. The molecule has 3 heterocycles. The summed E-state index contributed by atoms with van der Waals surface area (Å²) < 4.78 is 7.14. The number of fused-ring (bicyclic) bond motifs is 3. The first-order chi connectivity index (χ1) is 27.3. The lowest BCUT2D eigenvalue weighted by Crippen LogP contribution is -2.00. The van der Waals surface area contributed by atoms with Gasteiger partial charge in [0.05, 0.1) is 5.69 Å². The van der Waals surface area contributed by atoms with Crippen LogP contribution < -0.4 is 0 Å². The standard InChI is InChI=1S/C50H32N4O/c1-5-15-33(16-6-1)39-31-42(34-17-7-2-8-18-34)46-43(32-39)45-41(29-28-40(47(45)55-46)35-24-26-36(27-25-35)44-23-13-14-30-51-44)50-53-48(37-19-9-3-10-20-37)52-49(54-50)38-21-11-4-12-22-38/h1-32H. The van der Waals surface area contributed by atoms with E-state index in [1.165, 1.54) is 0 Å². The Morgan fingerprint density at radius 2 is 0.836 bits per heavy atom. The van der Waals surface area contributed by atoms with Gasteiger partial charge in [-0.1, -0.05) is 152 Å². The first-order valence-corrected chi connectivity index (χ1v) is 18.3. The van der Waals surface area contributed by atoms with E-state index in [9.17, 15) is 0 Å². The van der Waals surface area contributed by atoms with E-state index in [4.69, 9.17) is 19.4 Å². The summed E-state index contributed by atoms with van der Waals surface area (Å²) in [6.45, 7) is 0. The van der Waals surface area contributed by atoms with Crippen molar-refractivity contribution in [3.63, 3.8) is 0 Å². The quantitative estimate of drug-likeness (QED) is 0.165. The van der Waals surface area contributed by atoms with E-state index in [-0.39, 0.29) is 0 Å². The lowest BCUT2D eigenvalue weighted by atomic mass is 9.93. The van der Waals surface area contributed by atoms with Gasteiger partial charge in [0.2, 0.25) is 0 Å². The van der Waals surface area contributed by atoms with Gasteiger partial charge in [-0.15, -0.1) is 0 Å². The smallest absolute Gasteiger partial charge is 0.164 e. The highest BCUT2D eigenvalue weighted by atomic mass is 16.3. The molecule has 55 heavy (non-hydrogen) atoms. The summed E-state index contributed by atoms with van der Waals surface area (Å²) in [6.07, 6.45) is 1.82. The highest BCUT2D eigenvalue weighted by Crippen LogP contribution is 2.46. The Labute approximate surface area is 318 Å². The summed E-state index contributed by atoms with van der Waals surface area (Å²) in [5, 5.41) is 1.93. The van der Waals surface area contributed by atoms with Gasteiger partial charge in [-0.25, -0.2) is 15.0 Å². The van der Waals surface area contributed by atoms with Gasteiger partial charge >= 0.3 is 0 Å². The van der Waals surface area contributed by atoms with E-state index in [2.05, 4.69) is 102 Å². The Morgan fingerprint density at radius 3 is 1.44 bits per heavy atom. The number of benzene rings is 7. The summed E-state index contributed by atoms with van der Waals surface area (Å²) in [4.78, 5) is 19.9. The van der Waals surface area contributed by atoms with Crippen LogP contribution >= 0.6 is 0 Å². The second-order valence-electron chi connectivity index (χ2n) is 13.4. The molecule has 0 N–H and O–H groups in total. The predicted molar refractivity (Wildman–Crippen MR) is 223 cm³/mol. The molecular weight excluding hydrogens is 673 g/mol. The summed E-state index contributed by atoms with van der Waals surface area (Å²) in [5.74, 6) is 1.79. The molecule has 258 valence electrons. The van der Waals surface area contributed by atoms with Crippen molar-refractivity contribution >= 4 is 21.9 Å². The van der Waals surface area contributed by atoms with Gasteiger partial charge in [0.15, 0.2) is 17.5 Å². The number of furan rings is 1. The Hall–Kier alpha value is -7.50. The number of aromatic nitrogens is 4. The second-order valence-corrected chi connectivity index (χ2v) is 13.4. The van der Waals surface area contributed by atoms with Crippen molar-refractivity contribution < 1.29 is 4.42 Å². The molecule has 10 rings (SSSR count). The molecule has 0 saturated heterocycles. The van der Waals surface area contributed by atoms with Gasteiger partial charge in [0.25, 0.3) is 0 Å². The van der Waals surface area contributed by atoms with Crippen LogP contribution in [0.4, 0.5) is 0 Å². The Morgan fingerprint density at radius 1 is 0.327 bits per heavy atom. The van der Waals surface area contributed by atoms with E-state index in [1.54, 1.807) is 0 Å². The number of rotatable bonds is 7. The minimum absolute atomic E-state index is 0.573. The van der Waals surface area contributed by atoms with Crippen molar-refractivity contribution in [2.24, 2.45) is 0 Å². The van der Waals surface area contributed by atoms with Crippen LogP contribution in [0.25, 0.3) is 101 Å². The largest absolute Gasteiger partial charge is 0.455 e.